The lowest BCUT2D eigenvalue weighted by Gasteiger charge is -2.09. The number of hydrogen-bond donors (Lipinski definition) is 0. The predicted molar refractivity (Wildman–Crippen MR) is 115 cm³/mol. The molecule has 0 amide bonds. The summed E-state index contributed by atoms with van der Waals surface area (Å²) >= 11 is 0. The van der Waals surface area contributed by atoms with Crippen LogP contribution in [0.1, 0.15) is 24.4 Å². The Morgan fingerprint density at radius 3 is 2.55 bits per heavy atom. The first-order chi connectivity index (χ1) is 14.3. The number of imidazole rings is 1. The molecule has 0 fully saturated rings. The molecule has 4 rings (SSSR count). The Bertz CT molecular complexity index is 1060. The van der Waals surface area contributed by atoms with Crippen LogP contribution in [-0.4, -0.2) is 23.3 Å². The fourth-order valence-electron chi connectivity index (χ4n) is 3.23. The average molecular weight is 388 g/mol. The van der Waals surface area contributed by atoms with Gasteiger partial charge in [0.2, 0.25) is 0 Å². The van der Waals surface area contributed by atoms with Crippen LogP contribution in [-0.2, 0) is 6.54 Å². The first-order valence-corrected chi connectivity index (χ1v) is 9.77. The number of para-hydroxylation sites is 2. The fourth-order valence-corrected chi connectivity index (χ4v) is 3.23. The van der Waals surface area contributed by atoms with Crippen LogP contribution in [0, 0.1) is 0 Å². The summed E-state index contributed by atoms with van der Waals surface area (Å²) in [4.78, 5) is 4.77. The van der Waals surface area contributed by atoms with E-state index in [4.69, 9.17) is 18.9 Å². The summed E-state index contributed by atoms with van der Waals surface area (Å²) < 4.78 is 18.6. The number of hydrogen-bond acceptors (Lipinski definition) is 4. The molecule has 4 aromatic rings. The van der Waals surface area contributed by atoms with Gasteiger partial charge in [0.25, 0.3) is 0 Å². The highest BCUT2D eigenvalue weighted by Gasteiger charge is 2.08. The van der Waals surface area contributed by atoms with Crippen molar-refractivity contribution in [3.05, 3.63) is 78.5 Å². The van der Waals surface area contributed by atoms with Gasteiger partial charge in [-0.05, 0) is 73.5 Å². The van der Waals surface area contributed by atoms with Gasteiger partial charge in [-0.15, -0.1) is 0 Å². The van der Waals surface area contributed by atoms with E-state index in [0.717, 1.165) is 53.5 Å². The Balaban J connectivity index is 1.38. The molecule has 2 heterocycles. The molecule has 0 radical (unpaired) electrons. The third-order valence-corrected chi connectivity index (χ3v) is 4.73. The average Bonchev–Trinajstić information content (AvgIpc) is 3.40. The number of aryl methyl sites for hydroxylation is 1. The topological polar surface area (TPSA) is 49.4 Å². The summed E-state index contributed by atoms with van der Waals surface area (Å²) in [6.45, 7) is 1.56. The zero-order valence-corrected chi connectivity index (χ0v) is 16.5. The van der Waals surface area contributed by atoms with E-state index >= 15 is 0 Å². The second-order valence-electron chi connectivity index (χ2n) is 6.69. The Hall–Kier alpha value is -3.47. The normalized spacial score (nSPS) is 11.3. The Morgan fingerprint density at radius 1 is 0.931 bits per heavy atom. The first-order valence-electron chi connectivity index (χ1n) is 9.77. The van der Waals surface area contributed by atoms with Gasteiger partial charge in [0.15, 0.2) is 0 Å². The third kappa shape index (κ3) is 4.69. The second kappa shape index (κ2) is 9.15. The maximum Gasteiger partial charge on any atom is 0.133 e. The fraction of sp³-hybridized carbons (Fsp3) is 0.208. The number of rotatable bonds is 9. The van der Waals surface area contributed by atoms with Crippen molar-refractivity contribution in [2.45, 2.75) is 19.4 Å². The van der Waals surface area contributed by atoms with Gasteiger partial charge in [0.1, 0.15) is 23.1 Å². The number of ether oxygens (including phenoxy) is 2. The number of furan rings is 1. The number of nitrogens with zero attached hydrogens (tertiary/aromatic N) is 2. The van der Waals surface area contributed by atoms with Crippen molar-refractivity contribution in [3.63, 3.8) is 0 Å². The van der Waals surface area contributed by atoms with Gasteiger partial charge in [-0.2, -0.15) is 0 Å². The molecule has 148 valence electrons. The van der Waals surface area contributed by atoms with E-state index < -0.39 is 0 Å². The number of unbranched alkanes of at least 4 members (excludes halogenated alkanes) is 1. The monoisotopic (exact) mass is 388 g/mol. The highest BCUT2D eigenvalue weighted by molar-refractivity contribution is 5.79. The molecule has 0 atom stereocenters. The molecular formula is C24H24N2O3. The van der Waals surface area contributed by atoms with Crippen LogP contribution in [0.4, 0.5) is 0 Å². The lowest BCUT2D eigenvalue weighted by molar-refractivity contribution is 0.303. The quantitative estimate of drug-likeness (QED) is 0.347. The molecule has 0 bridgehead atoms. The maximum atomic E-state index is 5.83. The summed E-state index contributed by atoms with van der Waals surface area (Å²) in [7, 11) is 1.66. The van der Waals surface area contributed by atoms with Crippen molar-refractivity contribution in [2.75, 3.05) is 13.7 Å². The van der Waals surface area contributed by atoms with E-state index in [0.29, 0.717) is 6.61 Å². The van der Waals surface area contributed by atoms with Crippen LogP contribution < -0.4 is 9.47 Å². The second-order valence-corrected chi connectivity index (χ2v) is 6.69. The Morgan fingerprint density at radius 2 is 1.76 bits per heavy atom. The van der Waals surface area contributed by atoms with E-state index in [2.05, 4.69) is 10.6 Å². The molecule has 0 aliphatic rings. The van der Waals surface area contributed by atoms with Crippen molar-refractivity contribution < 1.29 is 13.9 Å². The number of methoxy groups -OCH3 is 1. The minimum Gasteiger partial charge on any atom is -0.497 e. The molecule has 0 N–H and O–H groups in total. The van der Waals surface area contributed by atoms with Crippen molar-refractivity contribution in [3.8, 4) is 11.5 Å². The molecule has 0 spiro atoms. The first kappa shape index (κ1) is 18.9. The van der Waals surface area contributed by atoms with Crippen LogP contribution in [0.2, 0.25) is 0 Å². The van der Waals surface area contributed by atoms with E-state index in [-0.39, 0.29) is 0 Å². The Labute approximate surface area is 170 Å². The molecule has 2 aromatic heterocycles. The summed E-state index contributed by atoms with van der Waals surface area (Å²) in [5.41, 5.74) is 2.14. The van der Waals surface area contributed by atoms with Crippen LogP contribution >= 0.6 is 0 Å². The smallest absolute Gasteiger partial charge is 0.133 e. The van der Waals surface area contributed by atoms with Crippen molar-refractivity contribution >= 4 is 23.2 Å². The van der Waals surface area contributed by atoms with E-state index in [1.54, 1.807) is 13.4 Å². The summed E-state index contributed by atoms with van der Waals surface area (Å²) in [6, 6.07) is 19.7. The third-order valence-electron chi connectivity index (χ3n) is 4.73. The molecule has 2 aromatic carbocycles. The van der Waals surface area contributed by atoms with E-state index in [1.165, 1.54) is 0 Å². The molecule has 0 saturated heterocycles. The molecule has 0 aliphatic heterocycles. The zero-order valence-electron chi connectivity index (χ0n) is 16.5. The minimum atomic E-state index is 0.677. The summed E-state index contributed by atoms with van der Waals surface area (Å²) in [6.07, 6.45) is 7.58. The Kier molecular flexibility index (Phi) is 5.95. The highest BCUT2D eigenvalue weighted by atomic mass is 16.5. The molecule has 0 aliphatic carbocycles. The van der Waals surface area contributed by atoms with Crippen molar-refractivity contribution in [2.24, 2.45) is 0 Å². The number of fused-ring (bicyclic) bond motifs is 1. The maximum absolute atomic E-state index is 5.83. The molecule has 5 nitrogen and oxygen atoms in total. The van der Waals surface area contributed by atoms with Gasteiger partial charge in [0.05, 0.1) is 31.0 Å². The van der Waals surface area contributed by atoms with Gasteiger partial charge >= 0.3 is 0 Å². The van der Waals surface area contributed by atoms with Crippen molar-refractivity contribution in [1.82, 2.24) is 9.55 Å². The van der Waals surface area contributed by atoms with E-state index in [9.17, 15) is 0 Å². The number of benzene rings is 2. The molecule has 0 unspecified atom stereocenters. The zero-order chi connectivity index (χ0) is 19.9. The van der Waals surface area contributed by atoms with Gasteiger partial charge < -0.3 is 18.5 Å². The van der Waals surface area contributed by atoms with Gasteiger partial charge in [0, 0.05) is 6.54 Å². The van der Waals surface area contributed by atoms with E-state index in [1.807, 2.05) is 66.7 Å². The van der Waals surface area contributed by atoms with Crippen LogP contribution in [0.3, 0.4) is 0 Å². The van der Waals surface area contributed by atoms with Gasteiger partial charge in [-0.25, -0.2) is 4.98 Å². The van der Waals surface area contributed by atoms with Gasteiger partial charge in [-0.1, -0.05) is 12.1 Å². The van der Waals surface area contributed by atoms with Crippen LogP contribution in [0.25, 0.3) is 23.2 Å². The minimum absolute atomic E-state index is 0.677. The highest BCUT2D eigenvalue weighted by Crippen LogP contribution is 2.20. The lowest BCUT2D eigenvalue weighted by Crippen LogP contribution is -2.04. The molecular weight excluding hydrogens is 364 g/mol. The summed E-state index contributed by atoms with van der Waals surface area (Å²) in [5, 5.41) is 0. The van der Waals surface area contributed by atoms with Crippen molar-refractivity contribution in [1.29, 1.82) is 0 Å². The SMILES string of the molecule is COc1ccc(OCCCCn2c(/C=C/c3ccco3)nc3ccccc32)cc1. The molecule has 0 saturated carbocycles. The largest absolute Gasteiger partial charge is 0.497 e. The number of aromatic nitrogens is 2. The standard InChI is InChI=1S/C24H24N2O3/c1-27-19-10-12-21(13-11-19)28-17-5-4-16-26-23-9-3-2-8-22(23)25-24(26)15-14-20-7-6-18-29-20/h2-3,6-15,18H,4-5,16-17H2,1H3/b15-14+. The predicted octanol–water partition coefficient (Wildman–Crippen LogP) is 5.67. The van der Waals surface area contributed by atoms with Crippen LogP contribution in [0.5, 0.6) is 11.5 Å². The van der Waals surface area contributed by atoms with Gasteiger partial charge in [-0.3, -0.25) is 0 Å². The van der Waals surface area contributed by atoms with Crippen LogP contribution in [0.15, 0.2) is 71.3 Å². The summed E-state index contributed by atoms with van der Waals surface area (Å²) in [5.74, 6) is 3.44. The molecule has 5 heteroatoms. The molecule has 29 heavy (non-hydrogen) atoms. The lowest BCUT2D eigenvalue weighted by atomic mass is 10.3.